The van der Waals surface area contributed by atoms with Crippen LogP contribution in [0.2, 0.25) is 36.3 Å². The predicted molar refractivity (Wildman–Crippen MR) is 144 cm³/mol. The monoisotopic (exact) mass is 534 g/mol. The van der Waals surface area contributed by atoms with Gasteiger partial charge in [0.2, 0.25) is 0 Å². The molecule has 1 atom stereocenters. The van der Waals surface area contributed by atoms with E-state index in [0.717, 1.165) is 13.0 Å². The third kappa shape index (κ3) is 9.18. The Hall–Kier alpha value is 0.534. The van der Waals surface area contributed by atoms with Crippen LogP contribution in [0.3, 0.4) is 0 Å². The molecule has 0 aromatic carbocycles. The molecular formula is C24H47BrO2SSi2. The summed E-state index contributed by atoms with van der Waals surface area (Å²) in [6.07, 6.45) is 7.63. The van der Waals surface area contributed by atoms with Gasteiger partial charge in [0.25, 0.3) is 0 Å². The second kappa shape index (κ2) is 11.6. The van der Waals surface area contributed by atoms with Crippen molar-refractivity contribution in [2.75, 3.05) is 6.61 Å². The molecular weight excluding hydrogens is 488 g/mol. The van der Waals surface area contributed by atoms with E-state index in [4.69, 9.17) is 8.85 Å². The molecule has 2 nitrogen and oxygen atoms in total. The van der Waals surface area contributed by atoms with E-state index >= 15 is 0 Å². The first-order valence-corrected chi connectivity index (χ1v) is 19.1. The van der Waals surface area contributed by atoms with Crippen LogP contribution in [0.5, 0.6) is 0 Å². The van der Waals surface area contributed by atoms with Crippen LogP contribution >= 0.6 is 27.3 Å². The SMILES string of the molecule is CC(C)(C)[Si](C)(C)OCCCCCCCC(O[Si](C)(C)C(C)(C)C)c1cc(Br)cs1. The minimum Gasteiger partial charge on any atom is -0.417 e. The lowest BCUT2D eigenvalue weighted by atomic mass is 10.1. The van der Waals surface area contributed by atoms with Crippen LogP contribution in [0.15, 0.2) is 15.9 Å². The molecule has 0 spiro atoms. The Bertz CT molecular complexity index is 630. The Morgan fingerprint density at radius 3 is 1.90 bits per heavy atom. The topological polar surface area (TPSA) is 18.5 Å². The summed E-state index contributed by atoms with van der Waals surface area (Å²) in [7, 11) is -3.37. The fourth-order valence-corrected chi connectivity index (χ4v) is 6.79. The summed E-state index contributed by atoms with van der Waals surface area (Å²) in [5.74, 6) is 0. The van der Waals surface area contributed by atoms with Gasteiger partial charge >= 0.3 is 0 Å². The zero-order valence-electron chi connectivity index (χ0n) is 21.3. The minimum absolute atomic E-state index is 0.240. The maximum atomic E-state index is 6.83. The van der Waals surface area contributed by atoms with Gasteiger partial charge in [-0.3, -0.25) is 0 Å². The Morgan fingerprint density at radius 1 is 0.867 bits per heavy atom. The third-order valence-corrected chi connectivity index (χ3v) is 17.8. The lowest BCUT2D eigenvalue weighted by molar-refractivity contribution is 0.173. The first-order valence-electron chi connectivity index (χ1n) is 11.6. The van der Waals surface area contributed by atoms with Crippen molar-refractivity contribution < 1.29 is 8.85 Å². The number of thiophene rings is 1. The first-order chi connectivity index (χ1) is 13.6. The van der Waals surface area contributed by atoms with Crippen LogP contribution in [0.1, 0.15) is 91.0 Å². The van der Waals surface area contributed by atoms with Crippen molar-refractivity contribution in [3.8, 4) is 0 Å². The highest BCUT2D eigenvalue weighted by molar-refractivity contribution is 9.10. The average Bonchev–Trinajstić information content (AvgIpc) is 3.00. The van der Waals surface area contributed by atoms with Gasteiger partial charge in [0.15, 0.2) is 16.6 Å². The highest BCUT2D eigenvalue weighted by atomic mass is 79.9. The van der Waals surface area contributed by atoms with E-state index in [1.807, 2.05) is 11.3 Å². The van der Waals surface area contributed by atoms with Crippen molar-refractivity contribution in [3.63, 3.8) is 0 Å². The van der Waals surface area contributed by atoms with E-state index in [0.29, 0.717) is 5.04 Å². The summed E-state index contributed by atoms with van der Waals surface area (Å²) in [5.41, 5.74) is 0. The average molecular weight is 536 g/mol. The molecule has 0 aliphatic carbocycles. The predicted octanol–water partition coefficient (Wildman–Crippen LogP) is 9.94. The molecule has 0 fully saturated rings. The molecule has 0 radical (unpaired) electrons. The molecule has 1 heterocycles. The summed E-state index contributed by atoms with van der Waals surface area (Å²) in [6, 6.07) is 2.25. The highest BCUT2D eigenvalue weighted by Crippen LogP contribution is 2.42. The van der Waals surface area contributed by atoms with Crippen molar-refractivity contribution in [1.82, 2.24) is 0 Å². The van der Waals surface area contributed by atoms with Gasteiger partial charge < -0.3 is 8.85 Å². The van der Waals surface area contributed by atoms with Gasteiger partial charge in [-0.15, -0.1) is 11.3 Å². The smallest absolute Gasteiger partial charge is 0.192 e. The lowest BCUT2D eigenvalue weighted by Crippen LogP contribution is -2.41. The summed E-state index contributed by atoms with van der Waals surface area (Å²) >= 11 is 5.45. The molecule has 0 aliphatic heterocycles. The van der Waals surface area contributed by atoms with Crippen LogP contribution in [0.25, 0.3) is 0 Å². The fourth-order valence-electron chi connectivity index (χ4n) is 2.79. The van der Waals surface area contributed by atoms with E-state index in [-0.39, 0.29) is 11.1 Å². The largest absolute Gasteiger partial charge is 0.417 e. The van der Waals surface area contributed by atoms with Gasteiger partial charge in [-0.2, -0.15) is 0 Å². The quantitative estimate of drug-likeness (QED) is 0.196. The number of hydrogen-bond donors (Lipinski definition) is 0. The fraction of sp³-hybridized carbons (Fsp3) is 0.833. The molecule has 0 N–H and O–H groups in total. The van der Waals surface area contributed by atoms with E-state index in [1.54, 1.807) is 0 Å². The molecule has 6 heteroatoms. The van der Waals surface area contributed by atoms with Crippen LogP contribution in [0.4, 0.5) is 0 Å². The number of rotatable bonds is 12. The maximum absolute atomic E-state index is 6.83. The van der Waals surface area contributed by atoms with Crippen LogP contribution in [-0.2, 0) is 8.85 Å². The number of unbranched alkanes of at least 4 members (excludes halogenated alkanes) is 4. The van der Waals surface area contributed by atoms with E-state index in [2.05, 4.69) is 95.1 Å². The zero-order chi connectivity index (χ0) is 23.2. The third-order valence-electron chi connectivity index (χ3n) is 7.03. The van der Waals surface area contributed by atoms with Crippen LogP contribution in [-0.4, -0.2) is 23.2 Å². The van der Waals surface area contributed by atoms with Crippen molar-refractivity contribution in [2.24, 2.45) is 0 Å². The molecule has 176 valence electrons. The van der Waals surface area contributed by atoms with E-state index < -0.39 is 16.6 Å². The van der Waals surface area contributed by atoms with Gasteiger partial charge in [-0.25, -0.2) is 0 Å². The summed E-state index contributed by atoms with van der Waals surface area (Å²) < 4.78 is 14.3. The molecule has 1 aromatic rings. The Labute approximate surface area is 201 Å². The minimum atomic E-state index is -1.78. The molecule has 0 saturated carbocycles. The molecule has 0 bridgehead atoms. The summed E-state index contributed by atoms with van der Waals surface area (Å²) in [6.45, 7) is 24.3. The van der Waals surface area contributed by atoms with Crippen molar-refractivity contribution in [2.45, 2.75) is 122 Å². The first kappa shape index (κ1) is 28.6. The Morgan fingerprint density at radius 2 is 1.40 bits per heavy atom. The zero-order valence-corrected chi connectivity index (χ0v) is 25.7. The molecule has 0 aliphatic rings. The van der Waals surface area contributed by atoms with Crippen molar-refractivity contribution in [3.05, 3.63) is 20.8 Å². The van der Waals surface area contributed by atoms with Gasteiger partial charge in [-0.05, 0) is 71.1 Å². The van der Waals surface area contributed by atoms with Gasteiger partial charge in [-0.1, -0.05) is 67.2 Å². The highest BCUT2D eigenvalue weighted by Gasteiger charge is 2.39. The molecule has 1 rings (SSSR count). The molecule has 0 saturated heterocycles. The van der Waals surface area contributed by atoms with Crippen molar-refractivity contribution in [1.29, 1.82) is 0 Å². The molecule has 1 unspecified atom stereocenters. The van der Waals surface area contributed by atoms with Gasteiger partial charge in [0.1, 0.15) is 0 Å². The van der Waals surface area contributed by atoms with Gasteiger partial charge in [0.05, 0.1) is 6.10 Å². The van der Waals surface area contributed by atoms with Gasteiger partial charge in [0, 0.05) is 21.3 Å². The summed E-state index contributed by atoms with van der Waals surface area (Å²) in [5, 5.41) is 2.73. The molecule has 0 amide bonds. The van der Waals surface area contributed by atoms with Crippen LogP contribution < -0.4 is 0 Å². The van der Waals surface area contributed by atoms with E-state index in [9.17, 15) is 0 Å². The summed E-state index contributed by atoms with van der Waals surface area (Å²) in [4.78, 5) is 1.37. The Kier molecular flexibility index (Phi) is 11.0. The number of halogens is 1. The maximum Gasteiger partial charge on any atom is 0.192 e. The number of hydrogen-bond acceptors (Lipinski definition) is 3. The normalized spacial score (nSPS) is 14.9. The van der Waals surface area contributed by atoms with Crippen LogP contribution in [0, 0.1) is 0 Å². The second-order valence-electron chi connectivity index (χ2n) is 11.7. The lowest BCUT2D eigenvalue weighted by Gasteiger charge is -2.39. The Balaban J connectivity index is 2.43. The molecule has 30 heavy (non-hydrogen) atoms. The van der Waals surface area contributed by atoms with Crippen molar-refractivity contribution >= 4 is 43.9 Å². The second-order valence-corrected chi connectivity index (χ2v) is 23.1. The van der Waals surface area contributed by atoms with E-state index in [1.165, 1.54) is 41.5 Å². The standard InChI is InChI=1S/C24H47BrO2SSi2/c1-23(2,3)29(7,8)26-17-15-13-11-12-14-16-21(22-18-20(25)19-28-22)27-30(9,10)24(4,5)6/h18-19,21H,11-17H2,1-10H3. The molecule has 1 aromatic heterocycles.